The predicted molar refractivity (Wildman–Crippen MR) is 44.0 cm³/mol. The number of nitrogens with one attached hydrogen (secondary N) is 1. The Hall–Kier alpha value is -1.00. The van der Waals surface area contributed by atoms with Crippen LogP contribution in [0.1, 0.15) is 6.92 Å². The zero-order valence-corrected chi connectivity index (χ0v) is 6.84. The molecule has 1 aliphatic heterocycles. The molecule has 3 N–H and O–H groups in total. The first kappa shape index (κ1) is 9.09. The highest BCUT2D eigenvalue weighted by Crippen LogP contribution is 2.01. The molecule has 68 valence electrons. The normalized spacial score (nSPS) is 26.8. The minimum Gasteiger partial charge on any atom is -0.473 e. The minimum absolute atomic E-state index is 0.224. The van der Waals surface area contributed by atoms with Crippen LogP contribution >= 0.6 is 0 Å². The molecule has 4 heteroatoms. The van der Waals surface area contributed by atoms with Crippen LogP contribution < -0.4 is 5.32 Å². The number of ether oxygens (including phenoxy) is 1. The first-order chi connectivity index (χ1) is 5.70. The van der Waals surface area contributed by atoms with Crippen molar-refractivity contribution in [2.24, 2.45) is 0 Å². The lowest BCUT2D eigenvalue weighted by Gasteiger charge is -2.10. The van der Waals surface area contributed by atoms with Crippen molar-refractivity contribution in [3.8, 4) is 0 Å². The molecule has 0 bridgehead atoms. The fourth-order valence-electron chi connectivity index (χ4n) is 0.774. The zero-order valence-electron chi connectivity index (χ0n) is 6.84. The first-order valence-corrected chi connectivity index (χ1v) is 3.81. The summed E-state index contributed by atoms with van der Waals surface area (Å²) >= 11 is 0. The standard InChI is InChI=1S/C8H13NO3/c1-6(10)7(11)2-3-8-9-4-5-12-8/h2-11H,1H3/b3-2+. The van der Waals surface area contributed by atoms with Crippen LogP contribution in [0.25, 0.3) is 0 Å². The van der Waals surface area contributed by atoms with Crippen LogP contribution in [0.15, 0.2) is 24.6 Å². The van der Waals surface area contributed by atoms with Crippen LogP contribution in [-0.2, 0) is 4.74 Å². The van der Waals surface area contributed by atoms with E-state index in [9.17, 15) is 0 Å². The molecule has 0 fully saturated rings. The van der Waals surface area contributed by atoms with Crippen LogP contribution in [0, 0.1) is 0 Å². The van der Waals surface area contributed by atoms with E-state index in [1.807, 2.05) is 0 Å². The molecular weight excluding hydrogens is 158 g/mol. The monoisotopic (exact) mass is 171 g/mol. The quantitative estimate of drug-likeness (QED) is 0.510. The van der Waals surface area contributed by atoms with Gasteiger partial charge in [0.2, 0.25) is 0 Å². The van der Waals surface area contributed by atoms with Gasteiger partial charge in [-0.1, -0.05) is 6.08 Å². The number of aliphatic hydroxyl groups excluding tert-OH is 2. The van der Waals surface area contributed by atoms with Crippen molar-refractivity contribution >= 4 is 0 Å². The Kier molecular flexibility index (Phi) is 3.13. The van der Waals surface area contributed by atoms with Crippen molar-refractivity contribution in [3.05, 3.63) is 24.6 Å². The van der Waals surface area contributed by atoms with Gasteiger partial charge in [-0.3, -0.25) is 0 Å². The van der Waals surface area contributed by atoms with Gasteiger partial charge in [-0.05, 0) is 13.0 Å². The molecule has 12 heavy (non-hydrogen) atoms. The third-order valence-electron chi connectivity index (χ3n) is 1.53. The summed E-state index contributed by atoms with van der Waals surface area (Å²) in [7, 11) is 0. The lowest BCUT2D eigenvalue weighted by Crippen LogP contribution is -2.22. The van der Waals surface area contributed by atoms with E-state index >= 15 is 0 Å². The van der Waals surface area contributed by atoms with Gasteiger partial charge in [0.1, 0.15) is 6.26 Å². The maximum atomic E-state index is 9.15. The van der Waals surface area contributed by atoms with Crippen molar-refractivity contribution in [1.82, 2.24) is 5.32 Å². The molecule has 0 aromatic heterocycles. The van der Waals surface area contributed by atoms with Crippen LogP contribution in [0.3, 0.4) is 0 Å². The van der Waals surface area contributed by atoms with Gasteiger partial charge in [-0.25, -0.2) is 0 Å². The molecule has 0 aromatic carbocycles. The van der Waals surface area contributed by atoms with E-state index in [1.165, 1.54) is 19.3 Å². The Bertz CT molecular complexity index is 177. The van der Waals surface area contributed by atoms with E-state index in [1.54, 1.807) is 12.3 Å². The summed E-state index contributed by atoms with van der Waals surface area (Å²) in [6.07, 6.45) is 4.53. The number of aliphatic hydroxyl groups is 2. The van der Waals surface area contributed by atoms with Crippen molar-refractivity contribution in [3.63, 3.8) is 0 Å². The number of hydrogen-bond acceptors (Lipinski definition) is 4. The number of hydrogen-bond donors (Lipinski definition) is 3. The lowest BCUT2D eigenvalue weighted by molar-refractivity contribution is 0.0609. The molecule has 4 nitrogen and oxygen atoms in total. The topological polar surface area (TPSA) is 61.7 Å². The molecule has 0 aliphatic carbocycles. The highest BCUT2D eigenvalue weighted by atomic mass is 16.5. The smallest absolute Gasteiger partial charge is 0.188 e. The summed E-state index contributed by atoms with van der Waals surface area (Å²) in [5.41, 5.74) is 0. The van der Waals surface area contributed by atoms with Crippen LogP contribution in [0.4, 0.5) is 0 Å². The van der Waals surface area contributed by atoms with E-state index < -0.39 is 12.2 Å². The average molecular weight is 171 g/mol. The molecule has 1 rings (SSSR count). The molecule has 0 amide bonds. The lowest BCUT2D eigenvalue weighted by atomic mass is 10.2. The first-order valence-electron chi connectivity index (χ1n) is 3.81. The Morgan fingerprint density at radius 3 is 2.83 bits per heavy atom. The Labute approximate surface area is 71.2 Å². The molecule has 1 heterocycles. The molecule has 0 spiro atoms. The molecule has 1 aliphatic rings. The van der Waals surface area contributed by atoms with E-state index in [2.05, 4.69) is 5.32 Å². The summed E-state index contributed by atoms with van der Waals surface area (Å²) in [5, 5.41) is 20.9. The molecule has 0 aromatic rings. The second-order valence-electron chi connectivity index (χ2n) is 2.64. The van der Waals surface area contributed by atoms with Crippen molar-refractivity contribution in [2.45, 2.75) is 25.4 Å². The summed E-state index contributed by atoms with van der Waals surface area (Å²) in [6.45, 7) is 1.52. The second kappa shape index (κ2) is 4.13. The predicted octanol–water partition coefficient (Wildman–Crippen LogP) is -0.299. The molecular formula is C8H13NO3. The summed E-state index contributed by atoms with van der Waals surface area (Å²) in [6, 6.07) is 0. The van der Waals surface area contributed by atoms with E-state index in [0.717, 1.165) is 0 Å². The van der Waals surface area contributed by atoms with E-state index in [0.29, 0.717) is 0 Å². The van der Waals surface area contributed by atoms with Crippen LogP contribution in [-0.4, -0.2) is 28.6 Å². The van der Waals surface area contributed by atoms with Crippen molar-refractivity contribution in [2.75, 3.05) is 0 Å². The number of rotatable bonds is 3. The Morgan fingerprint density at radius 1 is 1.58 bits per heavy atom. The molecule has 3 unspecified atom stereocenters. The second-order valence-corrected chi connectivity index (χ2v) is 2.64. The minimum atomic E-state index is -0.837. The van der Waals surface area contributed by atoms with Crippen LogP contribution in [0.5, 0.6) is 0 Å². The summed E-state index contributed by atoms with van der Waals surface area (Å²) in [4.78, 5) is 0. The van der Waals surface area contributed by atoms with Gasteiger partial charge in [-0.2, -0.15) is 0 Å². The third-order valence-corrected chi connectivity index (χ3v) is 1.53. The average Bonchev–Trinajstić information content (AvgIpc) is 2.51. The van der Waals surface area contributed by atoms with Gasteiger partial charge in [-0.15, -0.1) is 0 Å². The molecule has 3 atom stereocenters. The fraction of sp³-hybridized carbons (Fsp3) is 0.500. The maximum Gasteiger partial charge on any atom is 0.188 e. The van der Waals surface area contributed by atoms with Gasteiger partial charge in [0.05, 0.1) is 12.2 Å². The Balaban J connectivity index is 2.29. The van der Waals surface area contributed by atoms with Gasteiger partial charge >= 0.3 is 0 Å². The van der Waals surface area contributed by atoms with E-state index in [4.69, 9.17) is 14.9 Å². The highest BCUT2D eigenvalue weighted by molar-refractivity contribution is 4.99. The zero-order chi connectivity index (χ0) is 8.97. The molecule has 0 saturated carbocycles. The fourth-order valence-corrected chi connectivity index (χ4v) is 0.774. The largest absolute Gasteiger partial charge is 0.473 e. The Morgan fingerprint density at radius 2 is 2.33 bits per heavy atom. The summed E-state index contributed by atoms with van der Waals surface area (Å²) in [5.74, 6) is 0. The summed E-state index contributed by atoms with van der Waals surface area (Å²) < 4.78 is 5.01. The van der Waals surface area contributed by atoms with Gasteiger partial charge in [0.15, 0.2) is 6.23 Å². The molecule has 0 radical (unpaired) electrons. The van der Waals surface area contributed by atoms with Crippen molar-refractivity contribution in [1.29, 1.82) is 0 Å². The molecule has 0 saturated heterocycles. The van der Waals surface area contributed by atoms with Gasteiger partial charge < -0.3 is 20.3 Å². The van der Waals surface area contributed by atoms with Gasteiger partial charge in [0.25, 0.3) is 0 Å². The maximum absolute atomic E-state index is 9.15. The SMILES string of the molecule is CC(O)C(O)/C=C/C1NC=CO1. The third kappa shape index (κ3) is 2.56. The highest BCUT2D eigenvalue weighted by Gasteiger charge is 2.09. The van der Waals surface area contributed by atoms with E-state index in [-0.39, 0.29) is 6.23 Å². The van der Waals surface area contributed by atoms with Crippen molar-refractivity contribution < 1.29 is 14.9 Å². The van der Waals surface area contributed by atoms with Crippen LogP contribution in [0.2, 0.25) is 0 Å². The van der Waals surface area contributed by atoms with Gasteiger partial charge in [0, 0.05) is 6.20 Å².